The Hall–Kier alpha value is -3.91. The van der Waals surface area contributed by atoms with Gasteiger partial charge in [0.25, 0.3) is 5.91 Å². The van der Waals surface area contributed by atoms with Gasteiger partial charge in [-0.2, -0.15) is 18.3 Å². The number of halogens is 4. The van der Waals surface area contributed by atoms with Crippen LogP contribution in [0, 0.1) is 0 Å². The first-order valence-corrected chi connectivity index (χ1v) is 10.5. The minimum atomic E-state index is -4.65. The Balaban J connectivity index is 1.68. The molecule has 0 atom stereocenters. The van der Waals surface area contributed by atoms with Gasteiger partial charge in [0.1, 0.15) is 0 Å². The molecule has 0 aliphatic rings. The third-order valence-corrected chi connectivity index (χ3v) is 5.40. The predicted octanol–water partition coefficient (Wildman–Crippen LogP) is 6.67. The highest BCUT2D eigenvalue weighted by atomic mass is 35.5. The molecule has 1 heterocycles. The SMILES string of the molecule is CC(=O)c1ccccc1NC(=O)c1ccc(-c2cc(C(F)(F)F)nn2-c2ccccc2Cl)cc1. The molecular formula is C25H17ClF3N3O2. The van der Waals surface area contributed by atoms with E-state index in [2.05, 4.69) is 10.4 Å². The normalized spacial score (nSPS) is 11.3. The fourth-order valence-electron chi connectivity index (χ4n) is 3.42. The zero-order valence-corrected chi connectivity index (χ0v) is 18.5. The van der Waals surface area contributed by atoms with Gasteiger partial charge in [0.2, 0.25) is 0 Å². The topological polar surface area (TPSA) is 64.0 Å². The highest BCUT2D eigenvalue weighted by Crippen LogP contribution is 2.34. The van der Waals surface area contributed by atoms with Crippen molar-refractivity contribution >= 4 is 29.0 Å². The summed E-state index contributed by atoms with van der Waals surface area (Å²) in [6.07, 6.45) is -4.65. The highest BCUT2D eigenvalue weighted by molar-refractivity contribution is 6.32. The van der Waals surface area contributed by atoms with Crippen LogP contribution < -0.4 is 5.32 Å². The van der Waals surface area contributed by atoms with E-state index in [0.29, 0.717) is 16.8 Å². The van der Waals surface area contributed by atoms with Crippen molar-refractivity contribution in [3.05, 3.63) is 101 Å². The molecule has 1 N–H and O–H groups in total. The number of nitrogens with one attached hydrogen (secondary N) is 1. The Bertz CT molecular complexity index is 1380. The number of hydrogen-bond donors (Lipinski definition) is 1. The van der Waals surface area contributed by atoms with Crippen LogP contribution in [-0.4, -0.2) is 21.5 Å². The van der Waals surface area contributed by atoms with E-state index in [1.54, 1.807) is 48.5 Å². The van der Waals surface area contributed by atoms with Crippen molar-refractivity contribution in [3.63, 3.8) is 0 Å². The molecule has 0 aliphatic carbocycles. The Morgan fingerprint density at radius 1 is 0.941 bits per heavy atom. The Kier molecular flexibility index (Phi) is 6.26. The van der Waals surface area contributed by atoms with Crippen molar-refractivity contribution in [2.45, 2.75) is 13.1 Å². The van der Waals surface area contributed by atoms with Gasteiger partial charge in [-0.05, 0) is 49.4 Å². The third-order valence-electron chi connectivity index (χ3n) is 5.08. The van der Waals surface area contributed by atoms with Crippen molar-refractivity contribution in [2.24, 2.45) is 0 Å². The van der Waals surface area contributed by atoms with Gasteiger partial charge in [-0.1, -0.05) is 48.0 Å². The zero-order chi connectivity index (χ0) is 24.5. The summed E-state index contributed by atoms with van der Waals surface area (Å²) in [7, 11) is 0. The number of nitrogens with zero attached hydrogens (tertiary/aromatic N) is 2. The molecular weight excluding hydrogens is 467 g/mol. The van der Waals surface area contributed by atoms with Gasteiger partial charge in [0.15, 0.2) is 11.5 Å². The summed E-state index contributed by atoms with van der Waals surface area (Å²) in [5, 5.41) is 6.65. The fourth-order valence-corrected chi connectivity index (χ4v) is 3.63. The number of para-hydroxylation sites is 2. The zero-order valence-electron chi connectivity index (χ0n) is 17.7. The number of aromatic nitrogens is 2. The Labute approximate surface area is 197 Å². The average Bonchev–Trinajstić information content (AvgIpc) is 3.25. The van der Waals surface area contributed by atoms with E-state index >= 15 is 0 Å². The van der Waals surface area contributed by atoms with Crippen LogP contribution in [-0.2, 0) is 6.18 Å². The van der Waals surface area contributed by atoms with Crippen LogP contribution in [0.3, 0.4) is 0 Å². The molecule has 172 valence electrons. The first-order valence-electron chi connectivity index (χ1n) is 10.1. The first kappa shape index (κ1) is 23.3. The number of hydrogen-bond acceptors (Lipinski definition) is 3. The number of carbonyl (C=O) groups is 2. The first-order chi connectivity index (χ1) is 16.1. The number of ketones is 1. The van der Waals surface area contributed by atoms with Gasteiger partial charge in [-0.3, -0.25) is 9.59 Å². The van der Waals surface area contributed by atoms with Crippen molar-refractivity contribution < 1.29 is 22.8 Å². The predicted molar refractivity (Wildman–Crippen MR) is 123 cm³/mol. The van der Waals surface area contributed by atoms with Gasteiger partial charge in [-0.15, -0.1) is 0 Å². The second-order valence-electron chi connectivity index (χ2n) is 7.41. The van der Waals surface area contributed by atoms with Gasteiger partial charge in [0.05, 0.1) is 22.1 Å². The molecule has 3 aromatic carbocycles. The minimum absolute atomic E-state index is 0.161. The number of amides is 1. The monoisotopic (exact) mass is 483 g/mol. The molecule has 1 aromatic heterocycles. The summed E-state index contributed by atoms with van der Waals surface area (Å²) in [5.41, 5.74) is 0.800. The lowest BCUT2D eigenvalue weighted by Crippen LogP contribution is -2.14. The van der Waals surface area contributed by atoms with Gasteiger partial charge >= 0.3 is 6.18 Å². The molecule has 0 saturated carbocycles. The number of carbonyl (C=O) groups excluding carboxylic acids is 2. The largest absolute Gasteiger partial charge is 0.435 e. The molecule has 0 fully saturated rings. The molecule has 34 heavy (non-hydrogen) atoms. The number of anilines is 1. The molecule has 0 unspecified atom stereocenters. The minimum Gasteiger partial charge on any atom is -0.321 e. The van der Waals surface area contributed by atoms with Gasteiger partial charge in [0, 0.05) is 16.7 Å². The molecule has 0 radical (unpaired) electrons. The van der Waals surface area contributed by atoms with E-state index in [0.717, 1.165) is 10.7 Å². The summed E-state index contributed by atoms with van der Waals surface area (Å²) < 4.78 is 41.3. The number of Topliss-reactive ketones (excluding diaryl/α,β-unsaturated/α-hetero) is 1. The summed E-state index contributed by atoms with van der Waals surface area (Å²) in [4.78, 5) is 24.5. The van der Waals surface area contributed by atoms with E-state index in [1.807, 2.05) is 0 Å². The molecule has 0 spiro atoms. The molecule has 0 aliphatic heterocycles. The Morgan fingerprint density at radius 2 is 1.59 bits per heavy atom. The lowest BCUT2D eigenvalue weighted by atomic mass is 10.1. The smallest absolute Gasteiger partial charge is 0.321 e. The van der Waals surface area contributed by atoms with Crippen molar-refractivity contribution in [1.82, 2.24) is 9.78 Å². The molecule has 9 heteroatoms. The van der Waals surface area contributed by atoms with Gasteiger partial charge < -0.3 is 5.32 Å². The summed E-state index contributed by atoms with van der Waals surface area (Å²) in [6, 6.07) is 20.0. The molecule has 0 bridgehead atoms. The summed E-state index contributed by atoms with van der Waals surface area (Å²) >= 11 is 6.20. The van der Waals surface area contributed by atoms with Crippen LogP contribution in [0.15, 0.2) is 78.9 Å². The third kappa shape index (κ3) is 4.72. The lowest BCUT2D eigenvalue weighted by Gasteiger charge is -2.11. The molecule has 0 saturated heterocycles. The van der Waals surface area contributed by atoms with Crippen LogP contribution in [0.5, 0.6) is 0 Å². The van der Waals surface area contributed by atoms with Crippen LogP contribution in [0.4, 0.5) is 18.9 Å². The molecule has 4 rings (SSSR count). The molecule has 1 amide bonds. The second kappa shape index (κ2) is 9.15. The van der Waals surface area contributed by atoms with Crippen LogP contribution in [0.2, 0.25) is 5.02 Å². The van der Waals surface area contributed by atoms with Crippen LogP contribution in [0.1, 0.15) is 33.3 Å². The second-order valence-corrected chi connectivity index (χ2v) is 7.82. The summed E-state index contributed by atoms with van der Waals surface area (Å²) in [6.45, 7) is 1.40. The van der Waals surface area contributed by atoms with Crippen LogP contribution >= 0.6 is 11.6 Å². The summed E-state index contributed by atoms with van der Waals surface area (Å²) in [5.74, 6) is -0.657. The average molecular weight is 484 g/mol. The maximum absolute atomic E-state index is 13.4. The van der Waals surface area contributed by atoms with E-state index in [-0.39, 0.29) is 27.8 Å². The maximum atomic E-state index is 13.4. The lowest BCUT2D eigenvalue weighted by molar-refractivity contribution is -0.141. The van der Waals surface area contributed by atoms with Crippen LogP contribution in [0.25, 0.3) is 16.9 Å². The number of rotatable bonds is 5. The van der Waals surface area contributed by atoms with E-state index in [9.17, 15) is 22.8 Å². The van der Waals surface area contributed by atoms with E-state index in [1.165, 1.54) is 31.2 Å². The fraction of sp³-hybridized carbons (Fsp3) is 0.0800. The highest BCUT2D eigenvalue weighted by Gasteiger charge is 2.35. The number of benzene rings is 3. The van der Waals surface area contributed by atoms with Crippen molar-refractivity contribution in [3.8, 4) is 16.9 Å². The molecule has 4 aromatic rings. The van der Waals surface area contributed by atoms with E-state index < -0.39 is 17.8 Å². The van der Waals surface area contributed by atoms with Gasteiger partial charge in [-0.25, -0.2) is 4.68 Å². The standard InChI is InChI=1S/C25H17ClF3N3O2/c1-15(33)18-6-2-4-8-20(18)30-24(34)17-12-10-16(11-13-17)22-14-23(25(27,28)29)31-32(22)21-9-5-3-7-19(21)26/h2-14H,1H3,(H,30,34). The Morgan fingerprint density at radius 3 is 2.24 bits per heavy atom. The van der Waals surface area contributed by atoms with E-state index in [4.69, 9.17) is 11.6 Å². The maximum Gasteiger partial charge on any atom is 0.435 e. The van der Waals surface area contributed by atoms with Crippen molar-refractivity contribution in [1.29, 1.82) is 0 Å². The quantitative estimate of drug-likeness (QED) is 0.322. The molecule has 5 nitrogen and oxygen atoms in total. The van der Waals surface area contributed by atoms with Crippen molar-refractivity contribution in [2.75, 3.05) is 5.32 Å². The number of alkyl halides is 3.